The zero-order chi connectivity index (χ0) is 86.9. The van der Waals surface area contributed by atoms with Gasteiger partial charge in [0, 0.05) is 66.2 Å². The van der Waals surface area contributed by atoms with Gasteiger partial charge in [-0.1, -0.05) is 327 Å². The van der Waals surface area contributed by atoms with Crippen molar-refractivity contribution in [2.45, 2.75) is 183 Å². The van der Waals surface area contributed by atoms with E-state index in [1.165, 1.54) is 44.2 Å². The normalized spacial score (nSPS) is 14.2. The maximum Gasteiger partial charge on any atom is 0.252 e. The molecule has 0 unspecified atom stereocenters. The summed E-state index contributed by atoms with van der Waals surface area (Å²) in [4.78, 5) is 5.06. The Labute approximate surface area is 705 Å². The number of nitrogens with zero attached hydrogens (tertiary/aromatic N) is 4. The molecule has 17 aromatic rings. The average molecular weight is 1540 g/mol. The standard InChI is InChI=1S/C112H109BN4O/c1-106(2,3)74-45-51-92-86(60-74)87-61-75(107(4,5)6)46-52-93(87)114(92)81-66-100-102-101(67-81)117(103-84(69-35-27-23-28-36-69)64-80(112(19,20)21)65-85(103)70-37-29-24-30-38-70)99-57-71(68-33-25-22-26-34-68)43-49-91(99)113(102)90-50-44-72(73-55-78(110(13,14)15)59-79(56-73)111(16,17)18)58-98(90)116(100)97-42-32-40-83-82-39-31-41-96(104(82)118-105(83)97)115-94-53-47-76(108(7,8)9)62-88(94)89-63-77(109(10,11)12)48-54-95(89)115/h22-67H,1-21H3/i22D,25D,26D,33D,34D. The predicted molar refractivity (Wildman–Crippen MR) is 509 cm³/mol. The van der Waals surface area contributed by atoms with Crippen LogP contribution in [0.15, 0.2) is 283 Å². The monoisotopic (exact) mass is 1540 g/mol. The Morgan fingerprint density at radius 1 is 0.263 bits per heavy atom. The number of fused-ring (bicyclic) bond motifs is 13. The Morgan fingerprint density at radius 3 is 1.08 bits per heavy atom. The number of aromatic nitrogens is 2. The molecule has 0 saturated heterocycles. The number of rotatable bonds is 8. The molecular formula is C112H109BN4O. The number of anilines is 6. The molecule has 0 saturated carbocycles. The molecule has 0 N–H and O–H groups in total. The molecule has 3 aromatic heterocycles. The summed E-state index contributed by atoms with van der Waals surface area (Å²) in [5.41, 5.74) is 30.5. The van der Waals surface area contributed by atoms with Gasteiger partial charge >= 0.3 is 0 Å². The smallest absolute Gasteiger partial charge is 0.252 e. The van der Waals surface area contributed by atoms with Gasteiger partial charge in [0.05, 0.1) is 51.7 Å². The third-order valence-electron chi connectivity index (χ3n) is 25.4. The van der Waals surface area contributed by atoms with Crippen molar-refractivity contribution in [1.82, 2.24) is 9.13 Å². The van der Waals surface area contributed by atoms with E-state index in [-0.39, 0.29) is 55.6 Å². The van der Waals surface area contributed by atoms with Gasteiger partial charge in [0.25, 0.3) is 6.71 Å². The molecule has 586 valence electrons. The molecule has 0 amide bonds. The molecule has 118 heavy (non-hydrogen) atoms. The second-order valence-electron chi connectivity index (χ2n) is 40.8. The van der Waals surface area contributed by atoms with Crippen LogP contribution < -0.4 is 26.2 Å². The van der Waals surface area contributed by atoms with Gasteiger partial charge in [0.1, 0.15) is 0 Å². The molecule has 0 aliphatic carbocycles. The zero-order valence-electron chi connectivity index (χ0n) is 77.4. The molecule has 5 heterocycles. The van der Waals surface area contributed by atoms with E-state index < -0.39 is 24.8 Å². The van der Waals surface area contributed by atoms with Crippen molar-refractivity contribution in [3.63, 3.8) is 0 Å². The highest BCUT2D eigenvalue weighted by atomic mass is 16.3. The highest BCUT2D eigenvalue weighted by Crippen LogP contribution is 2.55. The van der Waals surface area contributed by atoms with Gasteiger partial charge in [-0.05, 0) is 224 Å². The molecular weight excluding hydrogens is 1430 g/mol. The first kappa shape index (κ1) is 70.4. The van der Waals surface area contributed by atoms with E-state index in [2.05, 4.69) is 407 Å². The molecule has 0 radical (unpaired) electrons. The van der Waals surface area contributed by atoms with Gasteiger partial charge in [-0.15, -0.1) is 0 Å². The predicted octanol–water partition coefficient (Wildman–Crippen LogP) is 29.6. The van der Waals surface area contributed by atoms with E-state index in [9.17, 15) is 5.48 Å². The zero-order valence-corrected chi connectivity index (χ0v) is 72.4. The first-order valence-electron chi connectivity index (χ1n) is 44.7. The summed E-state index contributed by atoms with van der Waals surface area (Å²) in [5.74, 6) is 0. The lowest BCUT2D eigenvalue weighted by atomic mass is 9.33. The number of hydrogen-bond acceptors (Lipinski definition) is 3. The fraction of sp³-hybridized carbons (Fsp3) is 0.250. The minimum Gasteiger partial charge on any atom is -0.452 e. The number of hydrogen-bond donors (Lipinski definition) is 0. The van der Waals surface area contributed by atoms with Crippen LogP contribution in [0.4, 0.5) is 34.1 Å². The summed E-state index contributed by atoms with van der Waals surface area (Å²) in [6.45, 7) is 47.9. The van der Waals surface area contributed by atoms with Crippen LogP contribution in [0, 0.1) is 0 Å². The molecule has 2 aliphatic heterocycles. The number of furan rings is 1. The van der Waals surface area contributed by atoms with E-state index in [4.69, 9.17) is 5.79 Å². The molecule has 14 aromatic carbocycles. The van der Waals surface area contributed by atoms with Crippen molar-refractivity contribution in [2.24, 2.45) is 0 Å². The van der Waals surface area contributed by atoms with Crippen LogP contribution in [0.3, 0.4) is 0 Å². The Morgan fingerprint density at radius 2 is 0.644 bits per heavy atom. The van der Waals surface area contributed by atoms with Crippen LogP contribution in [-0.4, -0.2) is 15.8 Å². The Bertz CT molecular complexity index is 7030. The van der Waals surface area contributed by atoms with Crippen molar-refractivity contribution in [2.75, 3.05) is 9.80 Å². The van der Waals surface area contributed by atoms with E-state index >= 15 is 0 Å². The SMILES string of the molecule is [2H]c1c([2H])c([2H])c(-c2ccc3c(c2)N(c2c(-c4ccccc4)cc(C(C)(C)C)cc2-c2ccccc2)c2cc(-n4c5ccc(C(C)(C)C)cc5c5cc(C(C)(C)C)ccc54)cc4c2B3c2ccc(-c3cc(C(C)(C)C)cc(C(C)(C)C)c3)cc2N4c2cccc3c2oc2c(-n4c5ccc(C(C)(C)C)cc5c5cc(C(C)(C)C)ccc54)cccc23)c([2H])c1[2H]. The Kier molecular flexibility index (Phi) is 16.0. The quantitative estimate of drug-likeness (QED) is 0.142. The topological polar surface area (TPSA) is 29.5 Å². The van der Waals surface area contributed by atoms with Crippen LogP contribution in [-0.2, 0) is 37.9 Å². The minimum atomic E-state index is -0.485. The summed E-state index contributed by atoms with van der Waals surface area (Å²) >= 11 is 0. The third kappa shape index (κ3) is 12.6. The van der Waals surface area contributed by atoms with Gasteiger partial charge in [-0.3, -0.25) is 0 Å². The summed E-state index contributed by atoms with van der Waals surface area (Å²) in [5, 5.41) is 6.68. The number of benzene rings is 14. The van der Waals surface area contributed by atoms with Crippen LogP contribution >= 0.6 is 0 Å². The van der Waals surface area contributed by atoms with Gasteiger partial charge in [-0.25, -0.2) is 0 Å². The fourth-order valence-electron chi connectivity index (χ4n) is 18.6. The van der Waals surface area contributed by atoms with Gasteiger partial charge in [-0.2, -0.15) is 0 Å². The van der Waals surface area contributed by atoms with Crippen molar-refractivity contribution < 1.29 is 11.3 Å². The van der Waals surface area contributed by atoms with Crippen LogP contribution in [0.25, 0.3) is 121 Å². The number of para-hydroxylation sites is 2. The highest BCUT2D eigenvalue weighted by molar-refractivity contribution is 7.00. The largest absolute Gasteiger partial charge is 0.452 e. The lowest BCUT2D eigenvalue weighted by molar-refractivity contribution is 0.569. The summed E-state index contributed by atoms with van der Waals surface area (Å²) in [7, 11) is 0. The Balaban J connectivity index is 1.01. The second kappa shape index (κ2) is 26.8. The average Bonchev–Trinajstić information content (AvgIpc) is 1.27. The maximum absolute atomic E-state index is 9.81. The van der Waals surface area contributed by atoms with Gasteiger partial charge in [0.15, 0.2) is 11.2 Å². The highest BCUT2D eigenvalue weighted by Gasteiger charge is 2.46. The second-order valence-corrected chi connectivity index (χ2v) is 40.8. The summed E-state index contributed by atoms with van der Waals surface area (Å²) in [6, 6.07) is 92.0. The molecule has 0 spiro atoms. The van der Waals surface area contributed by atoms with Crippen LogP contribution in [0.2, 0.25) is 0 Å². The van der Waals surface area contributed by atoms with Crippen molar-refractivity contribution in [1.29, 1.82) is 0 Å². The van der Waals surface area contributed by atoms with Crippen LogP contribution in [0.1, 0.15) is 191 Å². The van der Waals surface area contributed by atoms with Crippen molar-refractivity contribution in [3.05, 3.63) is 318 Å². The lowest BCUT2D eigenvalue weighted by Gasteiger charge is -2.45. The van der Waals surface area contributed by atoms with E-state index in [1.54, 1.807) is 0 Å². The third-order valence-corrected chi connectivity index (χ3v) is 25.4. The fourth-order valence-corrected chi connectivity index (χ4v) is 18.6. The maximum atomic E-state index is 9.81. The lowest BCUT2D eigenvalue weighted by Crippen LogP contribution is -2.61. The van der Waals surface area contributed by atoms with E-state index in [0.29, 0.717) is 5.56 Å². The van der Waals surface area contributed by atoms with E-state index in [1.807, 2.05) is 6.07 Å². The van der Waals surface area contributed by atoms with Crippen LogP contribution in [0.5, 0.6) is 0 Å². The molecule has 0 fully saturated rings. The molecule has 19 rings (SSSR count). The Hall–Kier alpha value is -11.9. The van der Waals surface area contributed by atoms with Crippen molar-refractivity contribution in [3.8, 4) is 55.9 Å². The molecule has 0 atom stereocenters. The first-order chi connectivity index (χ1) is 58.0. The van der Waals surface area contributed by atoms with Crippen molar-refractivity contribution >= 4 is 123 Å². The van der Waals surface area contributed by atoms with Gasteiger partial charge < -0.3 is 23.4 Å². The minimum absolute atomic E-state index is 0.0931. The first-order valence-corrected chi connectivity index (χ1v) is 42.2. The van der Waals surface area contributed by atoms with Gasteiger partial charge in [0.2, 0.25) is 0 Å². The van der Waals surface area contributed by atoms with E-state index in [0.717, 1.165) is 156 Å². The summed E-state index contributed by atoms with van der Waals surface area (Å²) < 4.78 is 60.1. The summed E-state index contributed by atoms with van der Waals surface area (Å²) in [6.07, 6.45) is 0. The molecule has 0 bridgehead atoms. The molecule has 5 nitrogen and oxygen atoms in total. The molecule has 6 heteroatoms. The molecule has 2 aliphatic rings.